The van der Waals surface area contributed by atoms with Gasteiger partial charge in [-0.2, -0.15) is 0 Å². The molecular formula is C23H19N3O7. The number of ether oxygens (including phenoxy) is 2. The number of anilines is 1. The number of benzene rings is 2. The molecule has 2 N–H and O–H groups in total. The highest BCUT2D eigenvalue weighted by atomic mass is 16.7. The normalized spacial score (nSPS) is 19.2. The predicted molar refractivity (Wildman–Crippen MR) is 116 cm³/mol. The molecule has 10 heteroatoms. The summed E-state index contributed by atoms with van der Waals surface area (Å²) in [6.45, 7) is 2.94. The fourth-order valence-corrected chi connectivity index (χ4v) is 4.06. The molecule has 2 aromatic carbocycles. The average Bonchev–Trinajstić information content (AvgIpc) is 3.31. The number of nitrogens with one attached hydrogen (secondary N) is 2. The third kappa shape index (κ3) is 3.45. The fraction of sp³-hybridized carbons (Fsp3) is 0.217. The van der Waals surface area contributed by atoms with Crippen LogP contribution in [0.1, 0.15) is 25.0 Å². The van der Waals surface area contributed by atoms with Gasteiger partial charge in [-0.05, 0) is 42.3 Å². The van der Waals surface area contributed by atoms with Gasteiger partial charge in [0.1, 0.15) is 11.1 Å². The van der Waals surface area contributed by atoms with E-state index in [2.05, 4.69) is 10.6 Å². The number of nitrogens with zero attached hydrogens (tertiary/aromatic N) is 1. The number of fused-ring (bicyclic) bond motifs is 2. The Balaban J connectivity index is 1.48. The summed E-state index contributed by atoms with van der Waals surface area (Å²) in [5.41, 5.74) is -0.275. The SMILES string of the molecule is CC(=O)Nc1ccc2c(CN3C(=O)N[C@@](C)(c4ccc5c(c4)OCO5)C3=O)cc(=O)oc2c1. The van der Waals surface area contributed by atoms with Crippen molar-refractivity contribution in [2.45, 2.75) is 25.9 Å². The van der Waals surface area contributed by atoms with Crippen molar-refractivity contribution in [3.63, 3.8) is 0 Å². The van der Waals surface area contributed by atoms with Gasteiger partial charge in [0.25, 0.3) is 5.91 Å². The molecule has 1 fully saturated rings. The van der Waals surface area contributed by atoms with Crippen molar-refractivity contribution in [1.82, 2.24) is 10.2 Å². The molecule has 1 aromatic heterocycles. The maximum Gasteiger partial charge on any atom is 0.336 e. The molecule has 5 rings (SSSR count). The zero-order valence-corrected chi connectivity index (χ0v) is 17.8. The molecule has 1 saturated heterocycles. The van der Waals surface area contributed by atoms with Crippen molar-refractivity contribution < 1.29 is 28.3 Å². The Hall–Kier alpha value is -4.34. The molecule has 0 radical (unpaired) electrons. The summed E-state index contributed by atoms with van der Waals surface area (Å²) in [6.07, 6.45) is 0. The minimum absolute atomic E-state index is 0.0925. The molecule has 2 aliphatic rings. The number of amides is 4. The van der Waals surface area contributed by atoms with Crippen LogP contribution in [0.3, 0.4) is 0 Å². The first-order valence-corrected chi connectivity index (χ1v) is 10.1. The van der Waals surface area contributed by atoms with E-state index >= 15 is 0 Å². The highest BCUT2D eigenvalue weighted by Crippen LogP contribution is 2.38. The van der Waals surface area contributed by atoms with Crippen molar-refractivity contribution in [3.05, 3.63) is 64.0 Å². The third-order valence-corrected chi connectivity index (χ3v) is 5.70. The molecule has 3 heterocycles. The second kappa shape index (κ2) is 7.37. The largest absolute Gasteiger partial charge is 0.454 e. The van der Waals surface area contributed by atoms with Crippen LogP contribution in [0.2, 0.25) is 0 Å². The van der Waals surface area contributed by atoms with Crippen LogP contribution >= 0.6 is 0 Å². The van der Waals surface area contributed by atoms with Gasteiger partial charge in [0.05, 0.1) is 6.54 Å². The first-order chi connectivity index (χ1) is 15.7. The van der Waals surface area contributed by atoms with E-state index in [9.17, 15) is 19.2 Å². The summed E-state index contributed by atoms with van der Waals surface area (Å²) in [6, 6.07) is 10.5. The number of carbonyl (C=O) groups is 3. The summed E-state index contributed by atoms with van der Waals surface area (Å²) >= 11 is 0. The van der Waals surface area contributed by atoms with E-state index in [1.807, 2.05) is 0 Å². The van der Waals surface area contributed by atoms with Crippen LogP contribution in [0.15, 0.2) is 51.7 Å². The number of imide groups is 1. The Labute approximate surface area is 187 Å². The number of urea groups is 1. The number of hydrogen-bond acceptors (Lipinski definition) is 7. The van der Waals surface area contributed by atoms with E-state index in [1.165, 1.54) is 19.1 Å². The molecule has 1 atom stereocenters. The van der Waals surface area contributed by atoms with Gasteiger partial charge in [-0.25, -0.2) is 9.59 Å². The molecule has 0 saturated carbocycles. The molecule has 10 nitrogen and oxygen atoms in total. The maximum atomic E-state index is 13.4. The lowest BCUT2D eigenvalue weighted by atomic mass is 9.91. The number of carbonyl (C=O) groups excluding carboxylic acids is 3. The van der Waals surface area contributed by atoms with E-state index in [0.29, 0.717) is 33.7 Å². The molecule has 168 valence electrons. The molecule has 0 spiro atoms. The quantitative estimate of drug-likeness (QED) is 0.463. The zero-order valence-electron chi connectivity index (χ0n) is 17.8. The monoisotopic (exact) mass is 449 g/mol. The molecule has 0 bridgehead atoms. The van der Waals surface area contributed by atoms with Gasteiger partial charge in [-0.1, -0.05) is 6.07 Å². The van der Waals surface area contributed by atoms with Crippen LogP contribution in [-0.4, -0.2) is 29.5 Å². The van der Waals surface area contributed by atoms with E-state index in [0.717, 1.165) is 4.90 Å². The lowest BCUT2D eigenvalue weighted by molar-refractivity contribution is -0.131. The Bertz CT molecular complexity index is 1400. The van der Waals surface area contributed by atoms with Crippen LogP contribution in [0.25, 0.3) is 11.0 Å². The van der Waals surface area contributed by atoms with Crippen LogP contribution in [0.4, 0.5) is 10.5 Å². The zero-order chi connectivity index (χ0) is 23.3. The molecule has 0 unspecified atom stereocenters. The fourth-order valence-electron chi connectivity index (χ4n) is 4.06. The summed E-state index contributed by atoms with van der Waals surface area (Å²) in [7, 11) is 0. The first-order valence-electron chi connectivity index (χ1n) is 10.1. The van der Waals surface area contributed by atoms with Crippen LogP contribution in [0, 0.1) is 0 Å². The summed E-state index contributed by atoms with van der Waals surface area (Å²) in [5, 5.41) is 5.91. The molecule has 0 aliphatic carbocycles. The Morgan fingerprint density at radius 1 is 1.09 bits per heavy atom. The lowest BCUT2D eigenvalue weighted by Gasteiger charge is -2.22. The molecule has 4 amide bonds. The van der Waals surface area contributed by atoms with Gasteiger partial charge in [-0.3, -0.25) is 14.5 Å². The number of hydrogen-bond donors (Lipinski definition) is 2. The van der Waals surface area contributed by atoms with Gasteiger partial charge in [-0.15, -0.1) is 0 Å². The predicted octanol–water partition coefficient (Wildman–Crippen LogP) is 2.45. The van der Waals surface area contributed by atoms with Gasteiger partial charge >= 0.3 is 11.7 Å². The van der Waals surface area contributed by atoms with Crippen molar-refractivity contribution in [2.24, 2.45) is 0 Å². The van der Waals surface area contributed by atoms with Gasteiger partial charge in [0.15, 0.2) is 11.5 Å². The Morgan fingerprint density at radius 3 is 2.67 bits per heavy atom. The van der Waals surface area contributed by atoms with Crippen LogP contribution in [0.5, 0.6) is 11.5 Å². The molecular weight excluding hydrogens is 430 g/mol. The number of rotatable bonds is 4. The first kappa shape index (κ1) is 20.6. The second-order valence-electron chi connectivity index (χ2n) is 8.00. The topological polar surface area (TPSA) is 127 Å². The Morgan fingerprint density at radius 2 is 1.88 bits per heavy atom. The Kier molecular flexibility index (Phi) is 4.59. The van der Waals surface area contributed by atoms with Crippen LogP contribution in [-0.2, 0) is 21.7 Å². The standard InChI is InChI=1S/C23H19N3O7/c1-12(27)24-15-4-5-16-13(7-20(28)33-18(16)9-15)10-26-21(29)23(2,25-22(26)30)14-3-6-17-19(8-14)32-11-31-17/h3-9H,10-11H2,1-2H3,(H,24,27)(H,25,30)/t23-/m0/s1. The molecule has 33 heavy (non-hydrogen) atoms. The van der Waals surface area contributed by atoms with Crippen molar-refractivity contribution in [1.29, 1.82) is 0 Å². The van der Waals surface area contributed by atoms with Crippen molar-refractivity contribution in [3.8, 4) is 11.5 Å². The maximum absolute atomic E-state index is 13.4. The minimum atomic E-state index is -1.31. The smallest absolute Gasteiger partial charge is 0.336 e. The highest BCUT2D eigenvalue weighted by molar-refractivity contribution is 6.07. The van der Waals surface area contributed by atoms with Gasteiger partial charge in [0, 0.05) is 30.1 Å². The van der Waals surface area contributed by atoms with E-state index in [4.69, 9.17) is 13.9 Å². The molecule has 3 aromatic rings. The summed E-state index contributed by atoms with van der Waals surface area (Å²) in [4.78, 5) is 50.7. The van der Waals surface area contributed by atoms with E-state index in [1.54, 1.807) is 37.3 Å². The van der Waals surface area contributed by atoms with Gasteiger partial charge in [0.2, 0.25) is 12.7 Å². The minimum Gasteiger partial charge on any atom is -0.454 e. The van der Waals surface area contributed by atoms with Crippen molar-refractivity contribution >= 4 is 34.5 Å². The van der Waals surface area contributed by atoms with Crippen molar-refractivity contribution in [2.75, 3.05) is 12.1 Å². The molecule has 2 aliphatic heterocycles. The highest BCUT2D eigenvalue weighted by Gasteiger charge is 2.49. The van der Waals surface area contributed by atoms with Crippen LogP contribution < -0.4 is 25.7 Å². The third-order valence-electron chi connectivity index (χ3n) is 5.70. The van der Waals surface area contributed by atoms with Gasteiger partial charge < -0.3 is 24.5 Å². The second-order valence-corrected chi connectivity index (χ2v) is 8.00. The van der Waals surface area contributed by atoms with E-state index in [-0.39, 0.29) is 24.8 Å². The summed E-state index contributed by atoms with van der Waals surface area (Å²) in [5.74, 6) is 0.325. The average molecular weight is 449 g/mol. The lowest BCUT2D eigenvalue weighted by Crippen LogP contribution is -2.40. The van der Waals surface area contributed by atoms with E-state index < -0.39 is 23.1 Å². The summed E-state index contributed by atoms with van der Waals surface area (Å²) < 4.78 is 16.0.